The van der Waals surface area contributed by atoms with Gasteiger partial charge in [0.1, 0.15) is 6.04 Å². The summed E-state index contributed by atoms with van der Waals surface area (Å²) in [6.45, 7) is 4.22. The van der Waals surface area contributed by atoms with Gasteiger partial charge in [-0.25, -0.2) is 8.42 Å². The van der Waals surface area contributed by atoms with Crippen LogP contribution in [-0.2, 0) is 26.2 Å². The molecule has 2 aromatic rings. The summed E-state index contributed by atoms with van der Waals surface area (Å²) in [4.78, 5) is 28.2. The summed E-state index contributed by atoms with van der Waals surface area (Å²) >= 11 is 5.95. The maximum absolute atomic E-state index is 13.4. The molecule has 3 rings (SSSR count). The van der Waals surface area contributed by atoms with Gasteiger partial charge in [0, 0.05) is 30.6 Å². The minimum absolute atomic E-state index is 0.118. The summed E-state index contributed by atoms with van der Waals surface area (Å²) in [5.74, 6) is -0.331. The topological polar surface area (TPSA) is 86.8 Å². The average molecular weight is 548 g/mol. The van der Waals surface area contributed by atoms with Crippen LogP contribution in [0.15, 0.2) is 48.5 Å². The normalized spacial score (nSPS) is 15.1. The molecule has 37 heavy (non-hydrogen) atoms. The quantitative estimate of drug-likeness (QED) is 0.426. The molecule has 7 nitrogen and oxygen atoms in total. The smallest absolute Gasteiger partial charge is 0.242 e. The van der Waals surface area contributed by atoms with Crippen LogP contribution in [0.3, 0.4) is 0 Å². The summed E-state index contributed by atoms with van der Waals surface area (Å²) < 4.78 is 26.1. The standard InChI is InChI=1S/C28H38ClN3O4S/c1-21-11-13-23(14-12-21)20-31(22(2)28(34)30-25-8-5-4-6-9-25)27(33)10-7-19-32(37(3,35)36)26-17-15-24(29)16-18-26/h11-18,22,25H,4-10,19-20H2,1-3H3,(H,30,34). The number of halogens is 1. The van der Waals surface area contributed by atoms with Crippen molar-refractivity contribution in [2.75, 3.05) is 17.1 Å². The van der Waals surface area contributed by atoms with Gasteiger partial charge in [-0.1, -0.05) is 60.7 Å². The number of hydrogen-bond donors (Lipinski definition) is 1. The maximum Gasteiger partial charge on any atom is 0.242 e. The van der Waals surface area contributed by atoms with E-state index in [1.54, 1.807) is 36.1 Å². The molecule has 202 valence electrons. The molecule has 2 amide bonds. The van der Waals surface area contributed by atoms with Crippen LogP contribution in [0.4, 0.5) is 5.69 Å². The van der Waals surface area contributed by atoms with E-state index in [0.717, 1.165) is 43.1 Å². The summed E-state index contributed by atoms with van der Waals surface area (Å²) in [6.07, 6.45) is 6.92. The first-order valence-corrected chi connectivity index (χ1v) is 15.2. The lowest BCUT2D eigenvalue weighted by Gasteiger charge is -2.31. The molecule has 1 N–H and O–H groups in total. The fourth-order valence-electron chi connectivity index (χ4n) is 4.65. The highest BCUT2D eigenvalue weighted by Crippen LogP contribution is 2.22. The first-order chi connectivity index (χ1) is 17.5. The molecule has 0 aromatic heterocycles. The van der Waals surface area contributed by atoms with Gasteiger partial charge in [0.2, 0.25) is 21.8 Å². The van der Waals surface area contributed by atoms with E-state index >= 15 is 0 Å². The molecule has 1 unspecified atom stereocenters. The second kappa shape index (κ2) is 13.3. The van der Waals surface area contributed by atoms with E-state index in [4.69, 9.17) is 11.6 Å². The summed E-state index contributed by atoms with van der Waals surface area (Å²) in [5, 5.41) is 3.65. The van der Waals surface area contributed by atoms with Gasteiger partial charge in [-0.3, -0.25) is 13.9 Å². The van der Waals surface area contributed by atoms with E-state index in [1.165, 1.54) is 10.7 Å². The van der Waals surface area contributed by atoms with E-state index < -0.39 is 16.1 Å². The fourth-order valence-corrected chi connectivity index (χ4v) is 5.74. The second-order valence-electron chi connectivity index (χ2n) is 9.94. The number of anilines is 1. The Morgan fingerprint density at radius 2 is 1.65 bits per heavy atom. The highest BCUT2D eigenvalue weighted by Gasteiger charge is 2.28. The Bertz CT molecular complexity index is 1150. The monoisotopic (exact) mass is 547 g/mol. The van der Waals surface area contributed by atoms with Crippen molar-refractivity contribution in [3.05, 3.63) is 64.7 Å². The molecule has 2 aromatic carbocycles. The number of benzene rings is 2. The molecule has 0 saturated heterocycles. The first kappa shape index (κ1) is 29.0. The third kappa shape index (κ3) is 8.75. The van der Waals surface area contributed by atoms with Gasteiger partial charge in [0.05, 0.1) is 11.9 Å². The number of aryl methyl sites for hydroxylation is 1. The van der Waals surface area contributed by atoms with Crippen molar-refractivity contribution in [3.8, 4) is 0 Å². The highest BCUT2D eigenvalue weighted by molar-refractivity contribution is 7.92. The molecule has 0 bridgehead atoms. The van der Waals surface area contributed by atoms with Crippen molar-refractivity contribution < 1.29 is 18.0 Å². The maximum atomic E-state index is 13.4. The third-order valence-corrected chi connectivity index (χ3v) is 8.31. The highest BCUT2D eigenvalue weighted by atomic mass is 35.5. The van der Waals surface area contributed by atoms with Crippen LogP contribution in [0.25, 0.3) is 0 Å². The summed E-state index contributed by atoms with van der Waals surface area (Å²) in [6, 6.07) is 14.0. The molecule has 0 aliphatic heterocycles. The molecule has 1 fully saturated rings. The van der Waals surface area contributed by atoms with Crippen LogP contribution < -0.4 is 9.62 Å². The van der Waals surface area contributed by atoms with Gasteiger partial charge in [0.15, 0.2) is 0 Å². The number of rotatable bonds is 11. The van der Waals surface area contributed by atoms with Gasteiger partial charge in [-0.05, 0) is 62.9 Å². The zero-order valence-electron chi connectivity index (χ0n) is 22.0. The first-order valence-electron chi connectivity index (χ1n) is 12.9. The number of nitrogens with zero attached hydrogens (tertiary/aromatic N) is 2. The second-order valence-corrected chi connectivity index (χ2v) is 12.3. The van der Waals surface area contributed by atoms with Gasteiger partial charge >= 0.3 is 0 Å². The Hall–Kier alpha value is -2.58. The molecule has 1 aliphatic rings. The largest absolute Gasteiger partial charge is 0.352 e. The Balaban J connectivity index is 1.70. The molecular formula is C28H38ClN3O4S. The van der Waals surface area contributed by atoms with Crippen molar-refractivity contribution in [1.29, 1.82) is 0 Å². The van der Waals surface area contributed by atoms with Gasteiger partial charge < -0.3 is 10.2 Å². The van der Waals surface area contributed by atoms with E-state index in [1.807, 2.05) is 31.2 Å². The SMILES string of the molecule is Cc1ccc(CN(C(=O)CCCN(c2ccc(Cl)cc2)S(C)(=O)=O)C(C)C(=O)NC2CCCCC2)cc1. The molecule has 0 spiro atoms. The molecule has 9 heteroatoms. The van der Waals surface area contributed by atoms with Crippen LogP contribution in [0.1, 0.15) is 63.0 Å². The van der Waals surface area contributed by atoms with Gasteiger partial charge in [0.25, 0.3) is 0 Å². The third-order valence-electron chi connectivity index (χ3n) is 6.86. The minimum Gasteiger partial charge on any atom is -0.352 e. The fraction of sp³-hybridized carbons (Fsp3) is 0.500. The summed E-state index contributed by atoms with van der Waals surface area (Å²) in [7, 11) is -3.55. The molecular weight excluding hydrogens is 510 g/mol. The predicted octanol–water partition coefficient (Wildman–Crippen LogP) is 5.06. The van der Waals surface area contributed by atoms with Crippen LogP contribution in [-0.4, -0.2) is 50.0 Å². The van der Waals surface area contributed by atoms with Crippen molar-refractivity contribution in [2.24, 2.45) is 0 Å². The lowest BCUT2D eigenvalue weighted by Crippen LogP contribution is -2.50. The van der Waals surface area contributed by atoms with E-state index in [2.05, 4.69) is 5.32 Å². The van der Waals surface area contributed by atoms with E-state index in [9.17, 15) is 18.0 Å². The van der Waals surface area contributed by atoms with Crippen LogP contribution in [0.5, 0.6) is 0 Å². The zero-order chi connectivity index (χ0) is 27.0. The Morgan fingerprint density at radius 3 is 2.24 bits per heavy atom. The van der Waals surface area contributed by atoms with Crippen LogP contribution >= 0.6 is 11.6 Å². The summed E-state index contributed by atoms with van der Waals surface area (Å²) in [5.41, 5.74) is 2.55. The number of sulfonamides is 1. The molecule has 0 heterocycles. The molecule has 1 saturated carbocycles. The predicted molar refractivity (Wildman–Crippen MR) is 149 cm³/mol. The average Bonchev–Trinajstić information content (AvgIpc) is 2.86. The molecule has 0 radical (unpaired) electrons. The van der Waals surface area contributed by atoms with Crippen molar-refractivity contribution >= 4 is 39.1 Å². The van der Waals surface area contributed by atoms with Gasteiger partial charge in [-0.2, -0.15) is 0 Å². The Labute approximate surface area is 226 Å². The minimum atomic E-state index is -3.55. The van der Waals surface area contributed by atoms with Gasteiger partial charge in [-0.15, -0.1) is 0 Å². The number of amides is 2. The lowest BCUT2D eigenvalue weighted by atomic mass is 9.95. The van der Waals surface area contributed by atoms with E-state index in [0.29, 0.717) is 23.7 Å². The number of carbonyl (C=O) groups excluding carboxylic acids is 2. The van der Waals surface area contributed by atoms with Crippen molar-refractivity contribution in [2.45, 2.75) is 77.4 Å². The molecule has 1 atom stereocenters. The Morgan fingerprint density at radius 1 is 1.03 bits per heavy atom. The van der Waals surface area contributed by atoms with Crippen LogP contribution in [0, 0.1) is 6.92 Å². The van der Waals surface area contributed by atoms with Crippen LogP contribution in [0.2, 0.25) is 5.02 Å². The van der Waals surface area contributed by atoms with Crippen molar-refractivity contribution in [1.82, 2.24) is 10.2 Å². The Kier molecular flexibility index (Phi) is 10.4. The van der Waals surface area contributed by atoms with Crippen molar-refractivity contribution in [3.63, 3.8) is 0 Å². The zero-order valence-corrected chi connectivity index (χ0v) is 23.5. The van der Waals surface area contributed by atoms with E-state index in [-0.39, 0.29) is 30.8 Å². The molecule has 1 aliphatic carbocycles. The number of nitrogens with one attached hydrogen (secondary N) is 1. The number of hydrogen-bond acceptors (Lipinski definition) is 4. The lowest BCUT2D eigenvalue weighted by molar-refractivity contribution is -0.141. The number of carbonyl (C=O) groups is 2.